The van der Waals surface area contributed by atoms with Crippen LogP contribution in [-0.4, -0.2) is 75.5 Å². The third kappa shape index (κ3) is 21.1. The second kappa shape index (κ2) is 28.5. The summed E-state index contributed by atoms with van der Waals surface area (Å²) in [5.74, 6) is -6.77. The number of rotatable bonds is 29. The zero-order chi connectivity index (χ0) is 37.9. The maximum Gasteiger partial charge on any atom is 0.308 e. The van der Waals surface area contributed by atoms with Gasteiger partial charge in [0.15, 0.2) is 0 Å². The van der Waals surface area contributed by atoms with Crippen LogP contribution in [0.5, 0.6) is 0 Å². The van der Waals surface area contributed by atoms with Crippen LogP contribution in [0, 0.1) is 35.5 Å². The van der Waals surface area contributed by atoms with E-state index in [0.29, 0.717) is 26.1 Å². The van der Waals surface area contributed by atoms with Crippen molar-refractivity contribution in [3.63, 3.8) is 0 Å². The van der Waals surface area contributed by atoms with Gasteiger partial charge in [0.25, 0.3) is 0 Å². The summed E-state index contributed by atoms with van der Waals surface area (Å²) < 4.78 is 32.1. The van der Waals surface area contributed by atoms with E-state index in [1.165, 1.54) is 0 Å². The molecule has 0 aromatic carbocycles. The molecule has 0 heterocycles. The largest absolute Gasteiger partial charge is 0.465 e. The fraction of sp³-hybridized carbons (Fsp3) is 0.842. The Morgan fingerprint density at radius 1 is 0.340 bits per heavy atom. The van der Waals surface area contributed by atoms with Gasteiger partial charge in [0.05, 0.1) is 61.9 Å². The normalized spacial score (nSPS) is 14.6. The number of esters is 6. The molecule has 0 aliphatic carbocycles. The Bertz CT molecular complexity index is 918. The van der Waals surface area contributed by atoms with Crippen LogP contribution in [-0.2, 0) is 57.2 Å². The maximum absolute atomic E-state index is 12.9. The highest BCUT2D eigenvalue weighted by Gasteiger charge is 2.32. The summed E-state index contributed by atoms with van der Waals surface area (Å²) in [6, 6.07) is 0. The van der Waals surface area contributed by atoms with Crippen molar-refractivity contribution in [3.05, 3.63) is 0 Å². The average Bonchev–Trinajstić information content (AvgIpc) is 3.09. The van der Waals surface area contributed by atoms with Gasteiger partial charge in [-0.3, -0.25) is 28.8 Å². The number of hydrogen-bond donors (Lipinski definition) is 0. The van der Waals surface area contributed by atoms with Gasteiger partial charge in [0, 0.05) is 0 Å². The van der Waals surface area contributed by atoms with Crippen LogP contribution < -0.4 is 0 Å². The summed E-state index contributed by atoms with van der Waals surface area (Å²) in [7, 11) is 0. The van der Waals surface area contributed by atoms with Crippen LogP contribution in [0.15, 0.2) is 0 Å². The third-order valence-electron chi connectivity index (χ3n) is 8.37. The molecular weight excluding hydrogens is 648 g/mol. The van der Waals surface area contributed by atoms with Crippen molar-refractivity contribution >= 4 is 35.8 Å². The SMILES string of the molecule is CCCCOC(=O)C(C)CC(CC(C)C(=O)OCCOC(=O)C(C)CC(CC(C)C(=O)OCCCC)C(=O)OCCCC)C(=O)OCCCC. The van der Waals surface area contributed by atoms with Gasteiger partial charge < -0.3 is 28.4 Å². The minimum Gasteiger partial charge on any atom is -0.465 e. The maximum atomic E-state index is 12.9. The van der Waals surface area contributed by atoms with Crippen molar-refractivity contribution < 1.29 is 57.2 Å². The van der Waals surface area contributed by atoms with Crippen molar-refractivity contribution in [3.8, 4) is 0 Å². The highest BCUT2D eigenvalue weighted by Crippen LogP contribution is 2.25. The molecule has 6 atom stereocenters. The van der Waals surface area contributed by atoms with Gasteiger partial charge in [0.1, 0.15) is 13.2 Å². The van der Waals surface area contributed by atoms with E-state index in [4.69, 9.17) is 28.4 Å². The first-order chi connectivity index (χ1) is 23.8. The lowest BCUT2D eigenvalue weighted by Gasteiger charge is -2.22. The van der Waals surface area contributed by atoms with E-state index in [1.807, 2.05) is 27.7 Å². The molecule has 0 fully saturated rings. The van der Waals surface area contributed by atoms with Gasteiger partial charge in [-0.15, -0.1) is 0 Å². The Kier molecular flexibility index (Phi) is 26.7. The molecule has 0 aromatic heterocycles. The molecule has 0 aliphatic rings. The Morgan fingerprint density at radius 2 is 0.540 bits per heavy atom. The molecule has 290 valence electrons. The molecule has 0 saturated carbocycles. The van der Waals surface area contributed by atoms with E-state index in [0.717, 1.165) is 38.5 Å². The molecule has 50 heavy (non-hydrogen) atoms. The zero-order valence-electron chi connectivity index (χ0n) is 32.1. The van der Waals surface area contributed by atoms with Gasteiger partial charge in [0.2, 0.25) is 0 Å². The molecule has 0 N–H and O–H groups in total. The summed E-state index contributed by atoms with van der Waals surface area (Å²) in [5, 5.41) is 0. The minimum atomic E-state index is -0.704. The molecule has 0 amide bonds. The first kappa shape index (κ1) is 46.8. The van der Waals surface area contributed by atoms with Gasteiger partial charge in [-0.1, -0.05) is 81.1 Å². The fourth-order valence-electron chi connectivity index (χ4n) is 5.03. The second-order valence-corrected chi connectivity index (χ2v) is 13.4. The minimum absolute atomic E-state index is 0.119. The van der Waals surface area contributed by atoms with E-state index in [1.54, 1.807) is 27.7 Å². The first-order valence-electron chi connectivity index (χ1n) is 18.8. The molecule has 0 saturated heterocycles. The van der Waals surface area contributed by atoms with Gasteiger partial charge in [-0.05, 0) is 51.4 Å². The van der Waals surface area contributed by atoms with Crippen LogP contribution in [0.3, 0.4) is 0 Å². The molecule has 12 nitrogen and oxygen atoms in total. The molecule has 6 unspecified atom stereocenters. The monoisotopic (exact) mass is 714 g/mol. The highest BCUT2D eigenvalue weighted by atomic mass is 16.6. The van der Waals surface area contributed by atoms with E-state index < -0.39 is 71.3 Å². The standard InChI is InChI=1S/C38H66O12/c1-9-13-17-45-33(39)27(5)23-31(37(43)47-19-15-11-3)25-29(7)35(41)49-21-22-50-36(42)30(8)26-32(38(44)48-20-16-12-4)24-28(6)34(40)46-18-14-10-2/h27-32H,9-26H2,1-8H3. The van der Waals surface area contributed by atoms with E-state index in [-0.39, 0.29) is 52.1 Å². The second-order valence-electron chi connectivity index (χ2n) is 13.4. The Labute approximate surface area is 300 Å². The Hall–Kier alpha value is -3.18. The molecule has 0 aromatic rings. The summed E-state index contributed by atoms with van der Waals surface area (Å²) in [6.45, 7) is 15.4. The number of hydrogen-bond acceptors (Lipinski definition) is 12. The molecule has 0 aliphatic heterocycles. The van der Waals surface area contributed by atoms with Crippen molar-refractivity contribution in [1.82, 2.24) is 0 Å². The molecule has 0 spiro atoms. The number of carbonyl (C=O) groups is 6. The smallest absolute Gasteiger partial charge is 0.308 e. The van der Waals surface area contributed by atoms with Crippen LogP contribution in [0.2, 0.25) is 0 Å². The van der Waals surface area contributed by atoms with Crippen LogP contribution in [0.1, 0.15) is 132 Å². The molecule has 0 rings (SSSR count). The predicted molar refractivity (Wildman–Crippen MR) is 187 cm³/mol. The van der Waals surface area contributed by atoms with Crippen LogP contribution in [0.4, 0.5) is 0 Å². The third-order valence-corrected chi connectivity index (χ3v) is 8.37. The topological polar surface area (TPSA) is 158 Å². The number of ether oxygens (including phenoxy) is 6. The predicted octanol–water partition coefficient (Wildman–Crippen LogP) is 6.78. The Balaban J connectivity index is 5.11. The van der Waals surface area contributed by atoms with E-state index >= 15 is 0 Å². The van der Waals surface area contributed by atoms with Gasteiger partial charge >= 0.3 is 35.8 Å². The summed E-state index contributed by atoms with van der Waals surface area (Å²) >= 11 is 0. The summed E-state index contributed by atoms with van der Waals surface area (Å²) in [5.41, 5.74) is 0. The fourth-order valence-corrected chi connectivity index (χ4v) is 5.03. The van der Waals surface area contributed by atoms with Gasteiger partial charge in [-0.25, -0.2) is 0 Å². The lowest BCUT2D eigenvalue weighted by molar-refractivity contribution is -0.160. The van der Waals surface area contributed by atoms with Crippen molar-refractivity contribution in [2.75, 3.05) is 39.6 Å². The van der Waals surface area contributed by atoms with Crippen LogP contribution >= 0.6 is 0 Å². The lowest BCUT2D eigenvalue weighted by Crippen LogP contribution is -2.29. The molecule has 12 heteroatoms. The molecule has 0 radical (unpaired) electrons. The van der Waals surface area contributed by atoms with Gasteiger partial charge in [-0.2, -0.15) is 0 Å². The summed E-state index contributed by atoms with van der Waals surface area (Å²) in [6.07, 6.45) is 6.99. The average molecular weight is 715 g/mol. The van der Waals surface area contributed by atoms with Crippen molar-refractivity contribution in [1.29, 1.82) is 0 Å². The van der Waals surface area contributed by atoms with E-state index in [2.05, 4.69) is 0 Å². The number of unbranched alkanes of at least 4 members (excludes halogenated alkanes) is 4. The summed E-state index contributed by atoms with van der Waals surface area (Å²) in [4.78, 5) is 76.3. The van der Waals surface area contributed by atoms with Crippen LogP contribution in [0.25, 0.3) is 0 Å². The van der Waals surface area contributed by atoms with Crippen molar-refractivity contribution in [2.24, 2.45) is 35.5 Å². The Morgan fingerprint density at radius 3 is 0.760 bits per heavy atom. The number of carbonyl (C=O) groups excluding carboxylic acids is 6. The highest BCUT2D eigenvalue weighted by molar-refractivity contribution is 5.78. The van der Waals surface area contributed by atoms with Crippen molar-refractivity contribution in [2.45, 2.75) is 132 Å². The molecule has 0 bridgehead atoms. The quantitative estimate of drug-likeness (QED) is 0.0455. The first-order valence-corrected chi connectivity index (χ1v) is 18.8. The lowest BCUT2D eigenvalue weighted by atomic mass is 9.88. The zero-order valence-corrected chi connectivity index (χ0v) is 32.1. The van der Waals surface area contributed by atoms with E-state index in [9.17, 15) is 28.8 Å². The molecular formula is C38H66O12.